The van der Waals surface area contributed by atoms with E-state index in [9.17, 15) is 4.79 Å². The lowest BCUT2D eigenvalue weighted by Crippen LogP contribution is -2.49. The number of carbonyl (C=O) groups is 1. The second-order valence-corrected chi connectivity index (χ2v) is 10.5. The van der Waals surface area contributed by atoms with Crippen LogP contribution in [-0.2, 0) is 10.2 Å². The molecule has 3 heterocycles. The maximum absolute atomic E-state index is 12.4. The van der Waals surface area contributed by atoms with E-state index in [4.69, 9.17) is 5.73 Å². The van der Waals surface area contributed by atoms with Crippen LogP contribution >= 0.6 is 0 Å². The maximum atomic E-state index is 12.4. The van der Waals surface area contributed by atoms with Crippen LogP contribution in [0.3, 0.4) is 0 Å². The van der Waals surface area contributed by atoms with Gasteiger partial charge in [-0.2, -0.15) is 5.10 Å². The fourth-order valence-electron chi connectivity index (χ4n) is 6.21. The number of anilines is 1. The second-order valence-electron chi connectivity index (χ2n) is 10.5. The summed E-state index contributed by atoms with van der Waals surface area (Å²) in [5, 5.41) is 4.59. The third-order valence-corrected chi connectivity index (χ3v) is 8.36. The lowest BCUT2D eigenvalue weighted by Gasteiger charge is -2.36. The van der Waals surface area contributed by atoms with E-state index in [1.807, 2.05) is 10.7 Å². The van der Waals surface area contributed by atoms with E-state index >= 15 is 0 Å². The maximum Gasteiger partial charge on any atom is 0.225 e. The van der Waals surface area contributed by atoms with Crippen molar-refractivity contribution in [2.45, 2.75) is 50.4 Å². The monoisotopic (exact) mass is 457 g/mol. The predicted molar refractivity (Wildman–Crippen MR) is 136 cm³/mol. The van der Waals surface area contributed by atoms with Gasteiger partial charge in [-0.3, -0.25) is 4.79 Å². The molecule has 2 aliphatic carbocycles. The average molecular weight is 458 g/mol. The van der Waals surface area contributed by atoms with Gasteiger partial charge in [0.05, 0.1) is 11.2 Å². The van der Waals surface area contributed by atoms with E-state index in [2.05, 4.69) is 57.5 Å². The number of hydrogen-bond acceptors (Lipinski definition) is 4. The Morgan fingerprint density at radius 2 is 1.74 bits per heavy atom. The fraction of sp³-hybridized carbons (Fsp3) is 0.500. The van der Waals surface area contributed by atoms with Crippen LogP contribution in [0, 0.1) is 5.92 Å². The fourth-order valence-corrected chi connectivity index (χ4v) is 6.21. The largest absolute Gasteiger partial charge is 0.366 e. The number of carbonyl (C=O) groups excluding carboxylic acids is 1. The topological polar surface area (TPSA) is 66.9 Å². The molecule has 0 bridgehead atoms. The first kappa shape index (κ1) is 21.7. The van der Waals surface area contributed by atoms with Crippen LogP contribution in [0.25, 0.3) is 16.6 Å². The zero-order chi connectivity index (χ0) is 23.1. The van der Waals surface area contributed by atoms with E-state index in [0.717, 1.165) is 57.5 Å². The van der Waals surface area contributed by atoms with Crippen LogP contribution in [-0.4, -0.2) is 53.1 Å². The summed E-state index contributed by atoms with van der Waals surface area (Å²) >= 11 is 0. The van der Waals surface area contributed by atoms with Crippen molar-refractivity contribution in [3.8, 4) is 11.1 Å². The van der Waals surface area contributed by atoms with E-state index in [-0.39, 0.29) is 5.41 Å². The third kappa shape index (κ3) is 3.88. The Morgan fingerprint density at radius 1 is 1.00 bits per heavy atom. The summed E-state index contributed by atoms with van der Waals surface area (Å²) in [6.07, 6.45) is 12.4. The Bertz CT molecular complexity index is 1170. The van der Waals surface area contributed by atoms with Crippen LogP contribution in [0.2, 0.25) is 0 Å². The van der Waals surface area contributed by atoms with Gasteiger partial charge in [-0.1, -0.05) is 37.1 Å². The van der Waals surface area contributed by atoms with Crippen molar-refractivity contribution in [2.24, 2.45) is 11.7 Å². The summed E-state index contributed by atoms with van der Waals surface area (Å²) in [5.74, 6) is 0.663. The molecule has 1 aliphatic heterocycles. The molecule has 2 N–H and O–H groups in total. The van der Waals surface area contributed by atoms with Gasteiger partial charge in [0, 0.05) is 50.1 Å². The van der Waals surface area contributed by atoms with Crippen molar-refractivity contribution in [1.29, 1.82) is 0 Å². The summed E-state index contributed by atoms with van der Waals surface area (Å²) in [5.41, 5.74) is 12.4. The molecule has 6 nitrogen and oxygen atoms in total. The Morgan fingerprint density at radius 3 is 2.41 bits per heavy atom. The molecule has 3 aliphatic rings. The van der Waals surface area contributed by atoms with Crippen molar-refractivity contribution in [1.82, 2.24) is 14.5 Å². The van der Waals surface area contributed by atoms with Gasteiger partial charge < -0.3 is 15.5 Å². The summed E-state index contributed by atoms with van der Waals surface area (Å²) in [7, 11) is 0. The minimum absolute atomic E-state index is 0.274. The standard InChI is InChI=1S/C28H35N5O/c29-13-12-28(10-1-2-11-28)24-7-5-21(6-8-24)23-19-26-25(9-14-30-33(26)20-23)31-15-17-32(18-16-31)27(34)22-3-4-22/h5-9,14,19-20,22H,1-4,10-13,15-18,29H2. The van der Waals surface area contributed by atoms with E-state index in [0.29, 0.717) is 11.8 Å². The molecule has 1 saturated heterocycles. The lowest BCUT2D eigenvalue weighted by atomic mass is 9.76. The number of fused-ring (bicyclic) bond motifs is 1. The van der Waals surface area contributed by atoms with Gasteiger partial charge in [0.15, 0.2) is 0 Å². The Hall–Kier alpha value is -2.86. The number of rotatable bonds is 6. The van der Waals surface area contributed by atoms with Crippen LogP contribution < -0.4 is 10.6 Å². The SMILES string of the molecule is NCCC1(c2ccc(-c3cc4c(N5CCN(C(=O)C6CC6)CC5)ccnn4c3)cc2)CCCC1. The van der Waals surface area contributed by atoms with Gasteiger partial charge in [-0.25, -0.2) is 4.52 Å². The molecule has 1 aromatic carbocycles. The highest BCUT2D eigenvalue weighted by Gasteiger charge is 2.35. The lowest BCUT2D eigenvalue weighted by molar-refractivity contribution is -0.132. The second kappa shape index (κ2) is 8.73. The smallest absolute Gasteiger partial charge is 0.225 e. The minimum Gasteiger partial charge on any atom is -0.366 e. The predicted octanol–water partition coefficient (Wildman–Crippen LogP) is 4.22. The average Bonchev–Trinajstić information content (AvgIpc) is 3.46. The molecule has 3 aromatic rings. The number of aromatic nitrogens is 2. The van der Waals surface area contributed by atoms with Crippen LogP contribution in [0.4, 0.5) is 5.69 Å². The van der Waals surface area contributed by atoms with Gasteiger partial charge in [0.25, 0.3) is 0 Å². The summed E-state index contributed by atoms with van der Waals surface area (Å²) in [4.78, 5) is 16.9. The van der Waals surface area contributed by atoms with E-state index < -0.39 is 0 Å². The number of benzene rings is 1. The molecule has 1 amide bonds. The molecule has 3 fully saturated rings. The highest BCUT2D eigenvalue weighted by atomic mass is 16.2. The molecule has 6 rings (SSSR count). The third-order valence-electron chi connectivity index (χ3n) is 8.36. The van der Waals surface area contributed by atoms with E-state index in [1.54, 1.807) is 0 Å². The van der Waals surface area contributed by atoms with Crippen molar-refractivity contribution in [2.75, 3.05) is 37.6 Å². The van der Waals surface area contributed by atoms with Gasteiger partial charge in [-0.05, 0) is 67.3 Å². The van der Waals surface area contributed by atoms with Gasteiger partial charge in [0.1, 0.15) is 0 Å². The molecule has 0 radical (unpaired) electrons. The molecule has 34 heavy (non-hydrogen) atoms. The molecule has 0 spiro atoms. The normalized spacial score (nSPS) is 20.3. The number of amides is 1. The molecule has 2 saturated carbocycles. The van der Waals surface area contributed by atoms with Gasteiger partial charge in [-0.15, -0.1) is 0 Å². The van der Waals surface area contributed by atoms with Crippen LogP contribution in [0.15, 0.2) is 48.8 Å². The number of hydrogen-bond donors (Lipinski definition) is 1. The first-order valence-corrected chi connectivity index (χ1v) is 13.0. The van der Waals surface area contributed by atoms with Crippen molar-refractivity contribution in [3.63, 3.8) is 0 Å². The van der Waals surface area contributed by atoms with Gasteiger partial charge in [0.2, 0.25) is 5.91 Å². The molecular weight excluding hydrogens is 422 g/mol. The Balaban J connectivity index is 1.23. The molecule has 178 valence electrons. The molecule has 0 unspecified atom stereocenters. The van der Waals surface area contributed by atoms with Crippen molar-refractivity contribution >= 4 is 17.1 Å². The number of nitrogens with zero attached hydrogens (tertiary/aromatic N) is 4. The summed E-state index contributed by atoms with van der Waals surface area (Å²) < 4.78 is 1.99. The molecule has 0 atom stereocenters. The van der Waals surface area contributed by atoms with Crippen LogP contribution in [0.5, 0.6) is 0 Å². The summed E-state index contributed by atoms with van der Waals surface area (Å²) in [6.45, 7) is 4.12. The van der Waals surface area contributed by atoms with Crippen molar-refractivity contribution in [3.05, 3.63) is 54.4 Å². The number of nitrogens with two attached hydrogens (primary N) is 1. The zero-order valence-electron chi connectivity index (χ0n) is 20.0. The van der Waals surface area contributed by atoms with Crippen LogP contribution in [0.1, 0.15) is 50.5 Å². The highest BCUT2D eigenvalue weighted by Crippen LogP contribution is 2.44. The van der Waals surface area contributed by atoms with Crippen molar-refractivity contribution < 1.29 is 4.79 Å². The molecule has 6 heteroatoms. The van der Waals surface area contributed by atoms with E-state index in [1.165, 1.54) is 48.1 Å². The Kier molecular flexibility index (Phi) is 5.56. The zero-order valence-corrected chi connectivity index (χ0v) is 20.0. The quantitative estimate of drug-likeness (QED) is 0.602. The summed E-state index contributed by atoms with van der Waals surface area (Å²) in [6, 6.07) is 13.5. The van der Waals surface area contributed by atoms with Gasteiger partial charge >= 0.3 is 0 Å². The Labute approximate surface area is 201 Å². The highest BCUT2D eigenvalue weighted by molar-refractivity contribution is 5.82. The number of piperazine rings is 1. The molecular formula is C28H35N5O. The minimum atomic E-state index is 0.274. The first-order chi connectivity index (χ1) is 16.7. The molecule has 2 aromatic heterocycles. The first-order valence-electron chi connectivity index (χ1n) is 13.0.